The second-order valence-corrected chi connectivity index (χ2v) is 7.39. The third kappa shape index (κ3) is 4.19. The van der Waals surface area contributed by atoms with Crippen LogP contribution in [0.3, 0.4) is 0 Å². The monoisotopic (exact) mass is 383 g/mol. The van der Waals surface area contributed by atoms with Crippen molar-refractivity contribution in [2.75, 3.05) is 11.4 Å². The molecule has 2 N–H and O–H groups in total. The maximum atomic E-state index is 13.5. The van der Waals surface area contributed by atoms with E-state index < -0.39 is 23.4 Å². The van der Waals surface area contributed by atoms with Gasteiger partial charge in [-0.15, -0.1) is 0 Å². The molecule has 1 aliphatic heterocycles. The average Bonchev–Trinajstić information content (AvgIpc) is 2.94. The third-order valence-electron chi connectivity index (χ3n) is 4.76. The standard InChI is InChI=1S/C21H22FN3O3/c1-21(2,14-7-6-8-15(22)11-14)13-23-18(26)12-17-19(27)25(20(28)24-17)16-9-4-3-5-10-16/h3-11,17H,12-13H2,1-2H3,(H,23,26)(H,24,28)/t17-/m0/s1. The Kier molecular flexibility index (Phi) is 5.44. The van der Waals surface area contributed by atoms with E-state index in [9.17, 15) is 18.8 Å². The number of rotatable bonds is 6. The number of anilines is 1. The number of amides is 4. The van der Waals surface area contributed by atoms with Crippen molar-refractivity contribution in [3.63, 3.8) is 0 Å². The first kappa shape index (κ1) is 19.5. The summed E-state index contributed by atoms with van der Waals surface area (Å²) in [5, 5.41) is 5.32. The van der Waals surface area contributed by atoms with E-state index >= 15 is 0 Å². The van der Waals surface area contributed by atoms with Gasteiger partial charge in [-0.1, -0.05) is 44.2 Å². The second kappa shape index (κ2) is 7.80. The van der Waals surface area contributed by atoms with Crippen LogP contribution in [0.2, 0.25) is 0 Å². The van der Waals surface area contributed by atoms with Crippen LogP contribution in [0.4, 0.5) is 14.9 Å². The summed E-state index contributed by atoms with van der Waals surface area (Å²) in [6.45, 7) is 4.05. The van der Waals surface area contributed by atoms with E-state index in [1.165, 1.54) is 12.1 Å². The number of carbonyl (C=O) groups is 3. The van der Waals surface area contributed by atoms with Crippen molar-refractivity contribution in [3.05, 3.63) is 66.0 Å². The van der Waals surface area contributed by atoms with E-state index in [1.54, 1.807) is 42.5 Å². The highest BCUT2D eigenvalue weighted by molar-refractivity contribution is 6.22. The minimum atomic E-state index is -0.912. The van der Waals surface area contributed by atoms with Gasteiger partial charge in [-0.3, -0.25) is 9.59 Å². The van der Waals surface area contributed by atoms with Gasteiger partial charge in [0.2, 0.25) is 5.91 Å². The molecule has 4 amide bonds. The first-order valence-electron chi connectivity index (χ1n) is 9.00. The lowest BCUT2D eigenvalue weighted by Crippen LogP contribution is -2.41. The molecule has 28 heavy (non-hydrogen) atoms. The Bertz CT molecular complexity index is 899. The first-order valence-corrected chi connectivity index (χ1v) is 9.00. The van der Waals surface area contributed by atoms with Gasteiger partial charge in [0.25, 0.3) is 5.91 Å². The van der Waals surface area contributed by atoms with Crippen LogP contribution in [-0.2, 0) is 15.0 Å². The minimum absolute atomic E-state index is 0.160. The minimum Gasteiger partial charge on any atom is -0.355 e. The predicted molar refractivity (Wildman–Crippen MR) is 103 cm³/mol. The number of nitrogens with one attached hydrogen (secondary N) is 2. The number of nitrogens with zero attached hydrogens (tertiary/aromatic N) is 1. The van der Waals surface area contributed by atoms with Crippen molar-refractivity contribution < 1.29 is 18.8 Å². The van der Waals surface area contributed by atoms with Crippen molar-refractivity contribution in [1.29, 1.82) is 0 Å². The predicted octanol–water partition coefficient (Wildman–Crippen LogP) is 2.73. The SMILES string of the molecule is CC(C)(CNC(=O)C[C@@H]1NC(=O)N(c2ccccc2)C1=O)c1cccc(F)c1. The molecule has 2 aromatic rings. The van der Waals surface area contributed by atoms with Gasteiger partial charge in [-0.05, 0) is 29.8 Å². The Morgan fingerprint density at radius 1 is 1.14 bits per heavy atom. The number of hydrogen-bond acceptors (Lipinski definition) is 3. The lowest BCUT2D eigenvalue weighted by molar-refractivity contribution is -0.125. The van der Waals surface area contributed by atoms with Gasteiger partial charge < -0.3 is 10.6 Å². The topological polar surface area (TPSA) is 78.5 Å². The molecule has 1 aliphatic rings. The summed E-state index contributed by atoms with van der Waals surface area (Å²) < 4.78 is 13.5. The summed E-state index contributed by atoms with van der Waals surface area (Å²) in [7, 11) is 0. The van der Waals surface area contributed by atoms with Gasteiger partial charge in [0.05, 0.1) is 12.1 Å². The lowest BCUT2D eigenvalue weighted by atomic mass is 9.84. The zero-order valence-electron chi connectivity index (χ0n) is 15.7. The number of urea groups is 1. The zero-order chi connectivity index (χ0) is 20.3. The Morgan fingerprint density at radius 3 is 2.54 bits per heavy atom. The number of carbonyl (C=O) groups excluding carboxylic acids is 3. The van der Waals surface area contributed by atoms with Crippen LogP contribution >= 0.6 is 0 Å². The number of hydrogen-bond donors (Lipinski definition) is 2. The number of imide groups is 1. The summed E-state index contributed by atoms with van der Waals surface area (Å²) in [4.78, 5) is 38.0. The van der Waals surface area contributed by atoms with Gasteiger partial charge in [-0.2, -0.15) is 0 Å². The quantitative estimate of drug-likeness (QED) is 0.753. The van der Waals surface area contributed by atoms with E-state index in [2.05, 4.69) is 10.6 Å². The van der Waals surface area contributed by atoms with Crippen LogP contribution in [0.5, 0.6) is 0 Å². The van der Waals surface area contributed by atoms with Gasteiger partial charge in [0.1, 0.15) is 11.9 Å². The number of halogens is 1. The average molecular weight is 383 g/mol. The Balaban J connectivity index is 1.59. The highest BCUT2D eigenvalue weighted by atomic mass is 19.1. The lowest BCUT2D eigenvalue weighted by Gasteiger charge is -2.26. The van der Waals surface area contributed by atoms with E-state index in [4.69, 9.17) is 0 Å². The molecule has 146 valence electrons. The van der Waals surface area contributed by atoms with Gasteiger partial charge in [0.15, 0.2) is 0 Å². The van der Waals surface area contributed by atoms with Crippen LogP contribution in [0.1, 0.15) is 25.8 Å². The highest BCUT2D eigenvalue weighted by Gasteiger charge is 2.40. The van der Waals surface area contributed by atoms with Crippen molar-refractivity contribution in [3.8, 4) is 0 Å². The third-order valence-corrected chi connectivity index (χ3v) is 4.76. The maximum Gasteiger partial charge on any atom is 0.329 e. The van der Waals surface area contributed by atoms with Crippen LogP contribution in [-0.4, -0.2) is 30.4 Å². The fourth-order valence-corrected chi connectivity index (χ4v) is 3.08. The van der Waals surface area contributed by atoms with E-state index in [0.29, 0.717) is 5.69 Å². The summed E-state index contributed by atoms with van der Waals surface area (Å²) in [5.74, 6) is -1.16. The second-order valence-electron chi connectivity index (χ2n) is 7.39. The molecule has 3 rings (SSSR count). The summed E-state index contributed by atoms with van der Waals surface area (Å²) in [6.07, 6.45) is -0.160. The van der Waals surface area contributed by atoms with Crippen LogP contribution in [0, 0.1) is 5.82 Å². The molecule has 1 fully saturated rings. The smallest absolute Gasteiger partial charge is 0.329 e. The molecule has 0 aliphatic carbocycles. The largest absolute Gasteiger partial charge is 0.355 e. The molecule has 0 saturated carbocycles. The van der Waals surface area contributed by atoms with Crippen molar-refractivity contribution in [1.82, 2.24) is 10.6 Å². The fraction of sp³-hybridized carbons (Fsp3) is 0.286. The molecular formula is C21H22FN3O3. The van der Waals surface area contributed by atoms with E-state index in [1.807, 2.05) is 13.8 Å². The summed E-state index contributed by atoms with van der Waals surface area (Å²) >= 11 is 0. The van der Waals surface area contributed by atoms with Crippen LogP contribution in [0.25, 0.3) is 0 Å². The summed E-state index contributed by atoms with van der Waals surface area (Å²) in [6, 6.07) is 13.3. The molecule has 2 aromatic carbocycles. The van der Waals surface area contributed by atoms with Crippen molar-refractivity contribution in [2.24, 2.45) is 0 Å². The Morgan fingerprint density at radius 2 is 1.86 bits per heavy atom. The van der Waals surface area contributed by atoms with E-state index in [-0.39, 0.29) is 24.7 Å². The molecule has 1 saturated heterocycles. The van der Waals surface area contributed by atoms with Gasteiger partial charge in [0, 0.05) is 12.0 Å². The molecule has 0 aromatic heterocycles. The molecule has 0 spiro atoms. The maximum absolute atomic E-state index is 13.5. The Labute approximate surface area is 162 Å². The molecule has 0 unspecified atom stereocenters. The zero-order valence-corrected chi connectivity index (χ0v) is 15.7. The number of para-hydroxylation sites is 1. The van der Waals surface area contributed by atoms with Crippen molar-refractivity contribution >= 4 is 23.5 Å². The highest BCUT2D eigenvalue weighted by Crippen LogP contribution is 2.23. The van der Waals surface area contributed by atoms with Gasteiger partial charge in [-0.25, -0.2) is 14.1 Å². The fourth-order valence-electron chi connectivity index (χ4n) is 3.08. The summed E-state index contributed by atoms with van der Waals surface area (Å²) in [5.41, 5.74) is 0.727. The normalized spacial score (nSPS) is 16.8. The van der Waals surface area contributed by atoms with Crippen LogP contribution < -0.4 is 15.5 Å². The molecule has 0 bridgehead atoms. The number of benzene rings is 2. The molecular weight excluding hydrogens is 361 g/mol. The van der Waals surface area contributed by atoms with Crippen LogP contribution in [0.15, 0.2) is 54.6 Å². The van der Waals surface area contributed by atoms with Crippen molar-refractivity contribution in [2.45, 2.75) is 31.7 Å². The van der Waals surface area contributed by atoms with Gasteiger partial charge >= 0.3 is 6.03 Å². The van der Waals surface area contributed by atoms with E-state index in [0.717, 1.165) is 10.5 Å². The first-order chi connectivity index (χ1) is 13.3. The molecule has 1 heterocycles. The Hall–Kier alpha value is -3.22. The molecule has 0 radical (unpaired) electrons. The molecule has 6 nitrogen and oxygen atoms in total. The molecule has 1 atom stereocenters. The molecule has 7 heteroatoms.